The fraction of sp³-hybridized carbons (Fsp3) is 0.0952. The van der Waals surface area contributed by atoms with Crippen LogP contribution in [0, 0.1) is 0 Å². The van der Waals surface area contributed by atoms with Gasteiger partial charge in [0.1, 0.15) is 0 Å². The van der Waals surface area contributed by atoms with Crippen molar-refractivity contribution in [2.45, 2.75) is 0 Å². The number of phenols is 1. The number of carbonyl (C=O) groups is 1. The molecule has 1 aliphatic rings. The maximum atomic E-state index is 12.7. The molecule has 0 bridgehead atoms. The number of methoxy groups -OCH3 is 1. The van der Waals surface area contributed by atoms with E-state index in [1.807, 2.05) is 6.07 Å². The molecule has 1 aliphatic heterocycles. The van der Waals surface area contributed by atoms with Gasteiger partial charge in [0.2, 0.25) is 10.0 Å². The van der Waals surface area contributed by atoms with E-state index in [2.05, 4.69) is 15.4 Å². The summed E-state index contributed by atoms with van der Waals surface area (Å²) in [6.45, 7) is 0. The summed E-state index contributed by atoms with van der Waals surface area (Å²) in [6.07, 6.45) is 1.06. The van der Waals surface area contributed by atoms with E-state index in [1.165, 1.54) is 7.11 Å². The van der Waals surface area contributed by atoms with Gasteiger partial charge < -0.3 is 20.5 Å². The Morgan fingerprint density at radius 2 is 1.63 bits per heavy atom. The van der Waals surface area contributed by atoms with Crippen LogP contribution in [0.25, 0.3) is 11.1 Å². The summed E-state index contributed by atoms with van der Waals surface area (Å²) in [5.74, 6) is 0.0768. The van der Waals surface area contributed by atoms with Gasteiger partial charge in [-0.15, -0.1) is 0 Å². The minimum atomic E-state index is -3.44. The predicted octanol–water partition coefficient (Wildman–Crippen LogP) is 3.75. The Balaban J connectivity index is 1.73. The van der Waals surface area contributed by atoms with Crippen LogP contribution in [0.2, 0.25) is 0 Å². The van der Waals surface area contributed by atoms with Gasteiger partial charge in [0.25, 0.3) is 5.91 Å². The quantitative estimate of drug-likeness (QED) is 0.506. The van der Waals surface area contributed by atoms with Crippen molar-refractivity contribution >= 4 is 38.7 Å². The second-order valence-electron chi connectivity index (χ2n) is 6.86. The molecule has 0 radical (unpaired) electrons. The smallest absolute Gasteiger partial charge is 0.257 e. The second-order valence-corrected chi connectivity index (χ2v) is 8.61. The van der Waals surface area contributed by atoms with E-state index >= 15 is 0 Å². The van der Waals surface area contributed by atoms with Gasteiger partial charge in [-0.1, -0.05) is 12.1 Å². The van der Waals surface area contributed by atoms with Gasteiger partial charge in [-0.3, -0.25) is 9.52 Å². The van der Waals surface area contributed by atoms with Crippen molar-refractivity contribution in [1.29, 1.82) is 0 Å². The van der Waals surface area contributed by atoms with Crippen LogP contribution < -0.4 is 20.1 Å². The Hall–Kier alpha value is -3.72. The third-order valence-electron chi connectivity index (χ3n) is 4.62. The number of aromatic hydroxyl groups is 1. The molecule has 4 rings (SSSR count). The van der Waals surface area contributed by atoms with E-state index in [-0.39, 0.29) is 11.7 Å². The van der Waals surface area contributed by atoms with Crippen LogP contribution in [0.5, 0.6) is 11.5 Å². The summed E-state index contributed by atoms with van der Waals surface area (Å²) in [6, 6.07) is 15.2. The lowest BCUT2D eigenvalue weighted by molar-refractivity contribution is 0.102. The molecule has 4 N–H and O–H groups in total. The SMILES string of the molecule is COc1cc(-c2ccc3c(c2)Nc2ccc(NS(C)(=O)=O)cc2NC3=O)ccc1O. The molecule has 0 aromatic heterocycles. The van der Waals surface area contributed by atoms with E-state index in [0.717, 1.165) is 17.4 Å². The van der Waals surface area contributed by atoms with Crippen LogP contribution in [-0.4, -0.2) is 32.8 Å². The third-order valence-corrected chi connectivity index (χ3v) is 5.22. The number of rotatable bonds is 4. The van der Waals surface area contributed by atoms with Crippen LogP contribution in [0.4, 0.5) is 22.7 Å². The number of carbonyl (C=O) groups excluding carboxylic acids is 1. The average Bonchev–Trinajstić information content (AvgIpc) is 2.82. The summed E-state index contributed by atoms with van der Waals surface area (Å²) in [7, 11) is -1.96. The highest BCUT2D eigenvalue weighted by Gasteiger charge is 2.20. The van der Waals surface area contributed by atoms with Gasteiger partial charge >= 0.3 is 0 Å². The number of hydrogen-bond donors (Lipinski definition) is 4. The third kappa shape index (κ3) is 3.87. The summed E-state index contributed by atoms with van der Waals surface area (Å²) >= 11 is 0. The Morgan fingerprint density at radius 1 is 0.900 bits per heavy atom. The van der Waals surface area contributed by atoms with Crippen molar-refractivity contribution in [2.24, 2.45) is 0 Å². The summed E-state index contributed by atoms with van der Waals surface area (Å²) in [5.41, 5.74) is 4.11. The highest BCUT2D eigenvalue weighted by Crippen LogP contribution is 2.37. The molecule has 0 spiro atoms. The molecule has 154 valence electrons. The molecule has 0 saturated carbocycles. The zero-order chi connectivity index (χ0) is 21.5. The van der Waals surface area contributed by atoms with Gasteiger partial charge in [-0.25, -0.2) is 8.42 Å². The minimum Gasteiger partial charge on any atom is -0.504 e. The lowest BCUT2D eigenvalue weighted by Gasteiger charge is -2.12. The zero-order valence-corrected chi connectivity index (χ0v) is 17.0. The van der Waals surface area contributed by atoms with Crippen molar-refractivity contribution in [3.8, 4) is 22.6 Å². The molecule has 0 atom stereocenters. The Labute approximate surface area is 173 Å². The minimum absolute atomic E-state index is 0.0425. The Kier molecular flexibility index (Phi) is 4.75. The molecule has 30 heavy (non-hydrogen) atoms. The normalized spacial score (nSPS) is 12.7. The summed E-state index contributed by atoms with van der Waals surface area (Å²) in [5, 5.41) is 15.8. The first-order chi connectivity index (χ1) is 14.2. The van der Waals surface area contributed by atoms with Crippen molar-refractivity contribution in [3.63, 3.8) is 0 Å². The predicted molar refractivity (Wildman–Crippen MR) is 116 cm³/mol. The number of sulfonamides is 1. The molecule has 0 saturated heterocycles. The molecular formula is C21H19N3O5S. The molecule has 1 amide bonds. The van der Waals surface area contributed by atoms with Crippen molar-refractivity contribution < 1.29 is 23.1 Å². The average molecular weight is 425 g/mol. The van der Waals surface area contributed by atoms with Crippen molar-refractivity contribution in [3.05, 3.63) is 60.2 Å². The maximum absolute atomic E-state index is 12.7. The Morgan fingerprint density at radius 3 is 2.37 bits per heavy atom. The maximum Gasteiger partial charge on any atom is 0.257 e. The van der Waals surface area contributed by atoms with Gasteiger partial charge in [0, 0.05) is 0 Å². The van der Waals surface area contributed by atoms with Crippen LogP contribution in [0.1, 0.15) is 10.4 Å². The molecule has 3 aromatic rings. The van der Waals surface area contributed by atoms with Gasteiger partial charge in [-0.05, 0) is 53.6 Å². The lowest BCUT2D eigenvalue weighted by Crippen LogP contribution is -2.12. The number of ether oxygens (including phenoxy) is 1. The van der Waals surface area contributed by atoms with E-state index in [0.29, 0.717) is 34.1 Å². The summed E-state index contributed by atoms with van der Waals surface area (Å²) in [4.78, 5) is 12.7. The van der Waals surface area contributed by atoms with Gasteiger partial charge in [0.15, 0.2) is 11.5 Å². The van der Waals surface area contributed by atoms with Crippen molar-refractivity contribution in [1.82, 2.24) is 0 Å². The topological polar surface area (TPSA) is 117 Å². The molecule has 0 unspecified atom stereocenters. The molecule has 0 aliphatic carbocycles. The standard InChI is InChI=1S/C21H19N3O5S/c1-29-20-10-13(4-8-19(20)25)12-3-6-15-17(9-12)22-16-7-5-14(24-30(2,27)28)11-18(16)23-21(15)26/h3-11,22,24-25H,1-2H3,(H,23,26). The Bertz CT molecular complexity index is 1270. The molecule has 9 heteroatoms. The van der Waals surface area contributed by atoms with Crippen LogP contribution in [0.3, 0.4) is 0 Å². The monoisotopic (exact) mass is 425 g/mol. The molecule has 3 aromatic carbocycles. The number of nitrogens with one attached hydrogen (secondary N) is 3. The number of phenolic OH excluding ortho intramolecular Hbond substituents is 1. The number of hydrogen-bond acceptors (Lipinski definition) is 6. The molecule has 8 nitrogen and oxygen atoms in total. The first-order valence-electron chi connectivity index (χ1n) is 8.95. The number of amides is 1. The van der Waals surface area contributed by atoms with E-state index in [4.69, 9.17) is 4.74 Å². The number of fused-ring (bicyclic) bond motifs is 2. The van der Waals surface area contributed by atoms with E-state index in [9.17, 15) is 18.3 Å². The first kappa shape index (κ1) is 19.6. The second kappa shape index (κ2) is 7.27. The van der Waals surface area contributed by atoms with Crippen molar-refractivity contribution in [2.75, 3.05) is 28.7 Å². The molecule has 0 fully saturated rings. The van der Waals surface area contributed by atoms with Gasteiger partial charge in [0.05, 0.1) is 41.7 Å². The molecular weight excluding hydrogens is 406 g/mol. The van der Waals surface area contributed by atoms with Crippen LogP contribution in [-0.2, 0) is 10.0 Å². The summed E-state index contributed by atoms with van der Waals surface area (Å²) < 4.78 is 30.5. The largest absolute Gasteiger partial charge is 0.504 e. The molecule has 1 heterocycles. The van der Waals surface area contributed by atoms with Crippen LogP contribution in [0.15, 0.2) is 54.6 Å². The fourth-order valence-electron chi connectivity index (χ4n) is 3.25. The van der Waals surface area contributed by atoms with Crippen LogP contribution >= 0.6 is 0 Å². The fourth-order valence-corrected chi connectivity index (χ4v) is 3.81. The zero-order valence-electron chi connectivity index (χ0n) is 16.2. The number of anilines is 4. The van der Waals surface area contributed by atoms with E-state index in [1.54, 1.807) is 48.5 Å². The lowest BCUT2D eigenvalue weighted by atomic mass is 10.0. The first-order valence-corrected chi connectivity index (χ1v) is 10.8. The number of benzene rings is 3. The van der Waals surface area contributed by atoms with E-state index < -0.39 is 10.0 Å². The van der Waals surface area contributed by atoms with Gasteiger partial charge in [-0.2, -0.15) is 0 Å². The highest BCUT2D eigenvalue weighted by molar-refractivity contribution is 7.92. The highest BCUT2D eigenvalue weighted by atomic mass is 32.2.